The van der Waals surface area contributed by atoms with E-state index in [9.17, 15) is 35.6 Å². The number of ketones is 1. The Morgan fingerprint density at radius 1 is 1.02 bits per heavy atom. The Bertz CT molecular complexity index is 1530. The van der Waals surface area contributed by atoms with Crippen LogP contribution in [0.4, 0.5) is 17.6 Å². The number of benzene rings is 1. The normalized spacial score (nSPS) is 17.8. The molecule has 0 unspecified atom stereocenters. The minimum Gasteiger partial charge on any atom is -0.326 e. The zero-order chi connectivity index (χ0) is 30.1. The van der Waals surface area contributed by atoms with Crippen LogP contribution >= 0.6 is 23.2 Å². The van der Waals surface area contributed by atoms with Gasteiger partial charge in [-0.05, 0) is 43.4 Å². The molecule has 1 aliphatic carbocycles. The number of Topliss-reactive ketones (excluding diaryl/α,β-unsaturated/α-hetero) is 1. The summed E-state index contributed by atoms with van der Waals surface area (Å²) in [4.78, 5) is 31.5. The largest absolute Gasteiger partial charge is 0.433 e. The minimum atomic E-state index is -5.00. The number of aromatic nitrogens is 3. The molecule has 4 rings (SSSR count). The van der Waals surface area contributed by atoms with E-state index < -0.39 is 62.6 Å². The van der Waals surface area contributed by atoms with Crippen LogP contribution in [0, 0.1) is 5.82 Å². The van der Waals surface area contributed by atoms with Gasteiger partial charge in [0.25, 0.3) is 5.91 Å². The lowest BCUT2D eigenvalue weighted by Crippen LogP contribution is -2.37. The van der Waals surface area contributed by atoms with Crippen LogP contribution in [0.15, 0.2) is 42.9 Å². The summed E-state index contributed by atoms with van der Waals surface area (Å²) in [7, 11) is -3.35. The van der Waals surface area contributed by atoms with Crippen LogP contribution in [0.1, 0.15) is 63.7 Å². The summed E-state index contributed by atoms with van der Waals surface area (Å²) < 4.78 is 81.3. The number of halogens is 6. The number of nitrogens with zero attached hydrogens (tertiary/aromatic N) is 4. The molecule has 41 heavy (non-hydrogen) atoms. The predicted octanol–water partition coefficient (Wildman–Crippen LogP) is 5.80. The molecule has 0 N–H and O–H groups in total. The maximum Gasteiger partial charge on any atom is 0.433 e. The van der Waals surface area contributed by atoms with E-state index in [0.29, 0.717) is 5.56 Å². The third-order valence-corrected chi connectivity index (χ3v) is 9.19. The zero-order valence-corrected chi connectivity index (χ0v) is 23.9. The first-order valence-electron chi connectivity index (χ1n) is 12.4. The van der Waals surface area contributed by atoms with Crippen molar-refractivity contribution in [2.24, 2.45) is 0 Å². The number of alkyl halides is 3. The van der Waals surface area contributed by atoms with Crippen LogP contribution < -0.4 is 0 Å². The summed E-state index contributed by atoms with van der Waals surface area (Å²) in [5.41, 5.74) is -1.90. The van der Waals surface area contributed by atoms with Crippen molar-refractivity contribution in [2.45, 2.75) is 49.7 Å². The molecule has 2 heterocycles. The number of hydrogen-bond acceptors (Lipinski definition) is 6. The number of sulfone groups is 1. The number of carbonyl (C=O) groups excluding carboxylic acids is 2. The maximum atomic E-state index is 14.4. The van der Waals surface area contributed by atoms with E-state index in [4.69, 9.17) is 23.2 Å². The smallest absolute Gasteiger partial charge is 0.326 e. The van der Waals surface area contributed by atoms with Crippen LogP contribution in [-0.4, -0.2) is 57.8 Å². The second kappa shape index (κ2) is 12.1. The Hall–Kier alpha value is -3.03. The van der Waals surface area contributed by atoms with E-state index in [1.54, 1.807) is 0 Å². The minimum absolute atomic E-state index is 0.106. The first-order chi connectivity index (χ1) is 19.2. The van der Waals surface area contributed by atoms with Crippen molar-refractivity contribution in [3.8, 4) is 0 Å². The highest BCUT2D eigenvalue weighted by molar-refractivity contribution is 7.91. The summed E-state index contributed by atoms with van der Waals surface area (Å²) in [6, 6.07) is 4.11. The highest BCUT2D eigenvalue weighted by Gasteiger charge is 2.43. The molecule has 0 saturated heterocycles. The van der Waals surface area contributed by atoms with Gasteiger partial charge in [0, 0.05) is 25.2 Å². The molecule has 1 aromatic carbocycles. The molecule has 3 aromatic rings. The van der Waals surface area contributed by atoms with Crippen molar-refractivity contribution in [1.82, 2.24) is 19.7 Å². The maximum absolute atomic E-state index is 14.4. The van der Waals surface area contributed by atoms with Crippen molar-refractivity contribution >= 4 is 44.7 Å². The van der Waals surface area contributed by atoms with E-state index >= 15 is 0 Å². The zero-order valence-electron chi connectivity index (χ0n) is 21.5. The molecular weight excluding hydrogens is 611 g/mol. The summed E-state index contributed by atoms with van der Waals surface area (Å²) in [5, 5.41) is 3.02. The van der Waals surface area contributed by atoms with E-state index in [0.717, 1.165) is 46.6 Å². The van der Waals surface area contributed by atoms with Gasteiger partial charge in [-0.25, -0.2) is 12.8 Å². The molecular formula is C26H24Cl2F4N4O4S. The Labute approximate surface area is 243 Å². The quantitative estimate of drug-likeness (QED) is 0.229. The lowest BCUT2D eigenvalue weighted by molar-refractivity contribution is -0.145. The molecule has 1 fully saturated rings. The van der Waals surface area contributed by atoms with Crippen LogP contribution in [0.2, 0.25) is 10.0 Å². The third-order valence-electron chi connectivity index (χ3n) is 6.93. The van der Waals surface area contributed by atoms with Gasteiger partial charge in [-0.1, -0.05) is 35.3 Å². The first-order valence-corrected chi connectivity index (χ1v) is 15.1. The fraction of sp³-hybridized carbons (Fsp3) is 0.385. The monoisotopic (exact) mass is 634 g/mol. The van der Waals surface area contributed by atoms with Crippen LogP contribution in [0.5, 0.6) is 0 Å². The average molecular weight is 635 g/mol. The molecule has 1 aliphatic rings. The molecule has 8 nitrogen and oxygen atoms in total. The molecule has 0 spiro atoms. The molecule has 1 amide bonds. The van der Waals surface area contributed by atoms with Gasteiger partial charge in [0.05, 0.1) is 45.2 Å². The lowest BCUT2D eigenvalue weighted by Gasteiger charge is -2.29. The summed E-state index contributed by atoms with van der Waals surface area (Å²) in [5.74, 6) is -2.46. The molecule has 0 radical (unpaired) electrons. The molecule has 0 aliphatic heterocycles. The molecule has 0 bridgehead atoms. The van der Waals surface area contributed by atoms with Gasteiger partial charge in [0.1, 0.15) is 15.7 Å². The SMILES string of the molecule is CS(=O)(=O)[C@H]1CC[C@H](n2ncc(C(=O)N(CC(=O)c3c(Cl)cncc3Cl)Cc3ccc(F)cc3)c2C(F)(F)F)CC1. The predicted molar refractivity (Wildman–Crippen MR) is 143 cm³/mol. The topological polar surface area (TPSA) is 102 Å². The summed E-state index contributed by atoms with van der Waals surface area (Å²) in [6.07, 6.45) is -0.243. The van der Waals surface area contributed by atoms with Crippen molar-refractivity contribution in [3.63, 3.8) is 0 Å². The Kier molecular flexibility index (Phi) is 9.10. The van der Waals surface area contributed by atoms with Crippen molar-refractivity contribution in [2.75, 3.05) is 12.8 Å². The van der Waals surface area contributed by atoms with Crippen molar-refractivity contribution < 1.29 is 35.6 Å². The summed E-state index contributed by atoms with van der Waals surface area (Å²) in [6.45, 7) is -1.05. The van der Waals surface area contributed by atoms with Gasteiger partial charge in [-0.15, -0.1) is 0 Å². The second-order valence-electron chi connectivity index (χ2n) is 9.80. The molecule has 2 aromatic heterocycles. The fourth-order valence-electron chi connectivity index (χ4n) is 4.91. The lowest BCUT2D eigenvalue weighted by atomic mass is 9.94. The summed E-state index contributed by atoms with van der Waals surface area (Å²) >= 11 is 12.2. The molecule has 0 atom stereocenters. The number of amides is 1. The highest BCUT2D eigenvalue weighted by Crippen LogP contribution is 2.39. The van der Waals surface area contributed by atoms with Gasteiger partial charge in [-0.3, -0.25) is 19.3 Å². The van der Waals surface area contributed by atoms with Crippen LogP contribution in [0.25, 0.3) is 0 Å². The number of pyridine rings is 1. The van der Waals surface area contributed by atoms with Crippen LogP contribution in [-0.2, 0) is 22.6 Å². The van der Waals surface area contributed by atoms with Gasteiger partial charge in [0.2, 0.25) is 0 Å². The van der Waals surface area contributed by atoms with E-state index in [-0.39, 0.29) is 47.8 Å². The highest BCUT2D eigenvalue weighted by atomic mass is 35.5. The number of rotatable bonds is 8. The van der Waals surface area contributed by atoms with Gasteiger partial charge in [-0.2, -0.15) is 18.3 Å². The van der Waals surface area contributed by atoms with Crippen molar-refractivity contribution in [1.29, 1.82) is 0 Å². The van der Waals surface area contributed by atoms with E-state index in [1.807, 2.05) is 0 Å². The Morgan fingerprint density at radius 3 is 2.15 bits per heavy atom. The number of carbonyl (C=O) groups is 2. The van der Waals surface area contributed by atoms with Crippen molar-refractivity contribution in [3.05, 3.63) is 81.1 Å². The molecule has 15 heteroatoms. The first kappa shape index (κ1) is 30.9. The fourth-order valence-corrected chi connectivity index (χ4v) is 6.61. The third kappa shape index (κ3) is 7.07. The van der Waals surface area contributed by atoms with E-state index in [2.05, 4.69) is 10.1 Å². The van der Waals surface area contributed by atoms with Gasteiger partial charge in [0.15, 0.2) is 11.5 Å². The van der Waals surface area contributed by atoms with E-state index in [1.165, 1.54) is 12.1 Å². The second-order valence-corrected chi connectivity index (χ2v) is 12.9. The number of hydrogen-bond donors (Lipinski definition) is 0. The Morgan fingerprint density at radius 2 is 1.61 bits per heavy atom. The average Bonchev–Trinajstić information content (AvgIpc) is 3.35. The molecule has 1 saturated carbocycles. The van der Waals surface area contributed by atoms with Crippen LogP contribution in [0.3, 0.4) is 0 Å². The molecule has 220 valence electrons. The van der Waals surface area contributed by atoms with Gasteiger partial charge >= 0.3 is 6.18 Å². The Balaban J connectivity index is 1.70. The van der Waals surface area contributed by atoms with Gasteiger partial charge < -0.3 is 4.90 Å². The standard InChI is InChI=1S/C26H24Cl2F4N4O4S/c1-41(39,40)18-8-6-17(7-9-18)36-24(26(30,31)32)19(10-34-36)25(38)35(13-15-2-4-16(29)5-3-15)14-22(37)23-20(27)11-33-12-21(23)28/h2-5,10-12,17-18H,6-9,13-14H2,1H3/t17-,18-.